The monoisotopic (exact) mass is 425 g/mol. The lowest BCUT2D eigenvalue weighted by Gasteiger charge is -2.32. The fourth-order valence-electron chi connectivity index (χ4n) is 4.45. The van der Waals surface area contributed by atoms with Gasteiger partial charge in [-0.3, -0.25) is 4.90 Å². The van der Waals surface area contributed by atoms with Crippen molar-refractivity contribution in [3.05, 3.63) is 64.6 Å². The zero-order valence-electron chi connectivity index (χ0n) is 16.4. The number of halogens is 3. The van der Waals surface area contributed by atoms with E-state index in [1.165, 1.54) is 11.0 Å². The standard InChI is InChI=1S/C22H18F3N5O/c1-27-20-9-6-14(12-28-20)13-29-18-4-2-3-5-19(18)30(21(29)31)16-8-7-15(11-26)17(10-16)22(23,24)25/h6-10,12,18-19H,2-5,13H2/t18-,19-/m1/s1. The van der Waals surface area contributed by atoms with Crippen molar-refractivity contribution in [3.8, 4) is 6.07 Å². The van der Waals surface area contributed by atoms with Crippen molar-refractivity contribution in [1.82, 2.24) is 9.88 Å². The van der Waals surface area contributed by atoms with E-state index < -0.39 is 17.3 Å². The Labute approximate surface area is 177 Å². The van der Waals surface area contributed by atoms with Crippen LogP contribution in [0.1, 0.15) is 42.4 Å². The fraction of sp³-hybridized carbons (Fsp3) is 0.364. The Hall–Kier alpha value is -3.59. The number of urea groups is 1. The first-order chi connectivity index (χ1) is 14.8. The summed E-state index contributed by atoms with van der Waals surface area (Å²) < 4.78 is 40.4. The Morgan fingerprint density at radius 1 is 1.19 bits per heavy atom. The van der Waals surface area contributed by atoms with Crippen molar-refractivity contribution < 1.29 is 18.0 Å². The minimum absolute atomic E-state index is 0.119. The maximum atomic E-state index is 13.5. The number of aromatic nitrogens is 1. The van der Waals surface area contributed by atoms with E-state index in [2.05, 4.69) is 9.83 Å². The lowest BCUT2D eigenvalue weighted by atomic mass is 9.89. The summed E-state index contributed by atoms with van der Waals surface area (Å²) in [5.74, 6) is 0.255. The summed E-state index contributed by atoms with van der Waals surface area (Å²) in [7, 11) is 0. The first-order valence-electron chi connectivity index (χ1n) is 9.87. The number of alkyl halides is 3. The SMILES string of the molecule is [C-]#[N+]c1ccc(CN2C(=O)N(c3ccc(C#N)c(C(F)(F)F)c3)[C@@H]3CCCC[C@H]32)cn1. The molecule has 0 unspecified atom stereocenters. The molecule has 158 valence electrons. The molecule has 1 aromatic heterocycles. The molecule has 31 heavy (non-hydrogen) atoms. The average Bonchev–Trinajstić information content (AvgIpc) is 3.04. The molecule has 9 heteroatoms. The molecule has 0 N–H and O–H groups in total. The molecule has 2 fully saturated rings. The van der Waals surface area contributed by atoms with Gasteiger partial charge in [-0.15, -0.1) is 4.98 Å². The van der Waals surface area contributed by atoms with Crippen molar-refractivity contribution in [2.24, 2.45) is 0 Å². The maximum Gasteiger partial charge on any atom is 0.417 e. The Morgan fingerprint density at radius 2 is 1.94 bits per heavy atom. The van der Waals surface area contributed by atoms with Gasteiger partial charge >= 0.3 is 12.2 Å². The van der Waals surface area contributed by atoms with E-state index in [1.54, 1.807) is 29.3 Å². The van der Waals surface area contributed by atoms with E-state index in [4.69, 9.17) is 11.8 Å². The van der Waals surface area contributed by atoms with Gasteiger partial charge in [-0.1, -0.05) is 25.5 Å². The molecule has 4 rings (SSSR count). The molecule has 2 aromatic rings. The van der Waals surface area contributed by atoms with Crippen LogP contribution in [0.3, 0.4) is 0 Å². The normalized spacial score (nSPS) is 20.9. The van der Waals surface area contributed by atoms with Gasteiger partial charge in [0.05, 0.1) is 35.8 Å². The van der Waals surface area contributed by atoms with Crippen LogP contribution in [0.4, 0.5) is 29.5 Å². The summed E-state index contributed by atoms with van der Waals surface area (Å²) in [6.45, 7) is 7.26. The molecule has 2 aliphatic rings. The zero-order valence-corrected chi connectivity index (χ0v) is 16.4. The second-order valence-corrected chi connectivity index (χ2v) is 7.68. The van der Waals surface area contributed by atoms with Crippen LogP contribution in [0.5, 0.6) is 0 Å². The molecule has 2 atom stereocenters. The second-order valence-electron chi connectivity index (χ2n) is 7.68. The Kier molecular flexibility index (Phi) is 5.28. The van der Waals surface area contributed by atoms with E-state index in [-0.39, 0.29) is 36.2 Å². The van der Waals surface area contributed by atoms with Crippen LogP contribution >= 0.6 is 0 Å². The number of nitriles is 1. The molecule has 0 radical (unpaired) electrons. The van der Waals surface area contributed by atoms with Crippen LogP contribution in [-0.4, -0.2) is 28.0 Å². The summed E-state index contributed by atoms with van der Waals surface area (Å²) in [4.78, 5) is 23.8. The summed E-state index contributed by atoms with van der Waals surface area (Å²) >= 11 is 0. The lowest BCUT2D eigenvalue weighted by molar-refractivity contribution is -0.137. The molecule has 1 saturated carbocycles. The number of benzene rings is 1. The summed E-state index contributed by atoms with van der Waals surface area (Å²) in [6, 6.07) is 7.62. The third-order valence-corrected chi connectivity index (χ3v) is 5.86. The number of fused-ring (bicyclic) bond motifs is 1. The average molecular weight is 425 g/mol. The first kappa shape index (κ1) is 20.7. The van der Waals surface area contributed by atoms with Crippen LogP contribution in [0.15, 0.2) is 36.5 Å². The number of rotatable bonds is 3. The second kappa shape index (κ2) is 7.92. The van der Waals surface area contributed by atoms with Gasteiger partial charge in [-0.2, -0.15) is 18.4 Å². The summed E-state index contributed by atoms with van der Waals surface area (Å²) in [5, 5.41) is 9.06. The zero-order chi connectivity index (χ0) is 22.2. The third kappa shape index (κ3) is 3.79. The summed E-state index contributed by atoms with van der Waals surface area (Å²) in [6.07, 6.45) is 0.153. The molecule has 1 aliphatic heterocycles. The topological polar surface area (TPSA) is 64.6 Å². The number of nitrogens with zero attached hydrogens (tertiary/aromatic N) is 5. The van der Waals surface area contributed by atoms with Crippen LogP contribution in [0, 0.1) is 17.9 Å². The van der Waals surface area contributed by atoms with E-state index >= 15 is 0 Å². The molecule has 1 aliphatic carbocycles. The lowest BCUT2D eigenvalue weighted by Crippen LogP contribution is -2.39. The number of hydrogen-bond donors (Lipinski definition) is 0. The van der Waals surface area contributed by atoms with Crippen molar-refractivity contribution in [2.75, 3.05) is 4.90 Å². The minimum atomic E-state index is -4.69. The molecular formula is C22H18F3N5O. The van der Waals surface area contributed by atoms with Crippen molar-refractivity contribution >= 4 is 17.5 Å². The predicted molar refractivity (Wildman–Crippen MR) is 106 cm³/mol. The van der Waals surface area contributed by atoms with Gasteiger partial charge < -0.3 is 9.74 Å². The van der Waals surface area contributed by atoms with Gasteiger partial charge in [0.1, 0.15) is 6.20 Å². The van der Waals surface area contributed by atoms with Gasteiger partial charge in [-0.05, 0) is 37.1 Å². The molecular weight excluding hydrogens is 407 g/mol. The molecule has 0 bridgehead atoms. The Morgan fingerprint density at radius 3 is 2.55 bits per heavy atom. The van der Waals surface area contributed by atoms with E-state index in [0.29, 0.717) is 6.42 Å². The van der Waals surface area contributed by atoms with Crippen LogP contribution < -0.4 is 4.90 Å². The third-order valence-electron chi connectivity index (χ3n) is 5.86. The number of pyridine rings is 1. The fourth-order valence-corrected chi connectivity index (χ4v) is 4.45. The number of carbonyl (C=O) groups is 1. The quantitative estimate of drug-likeness (QED) is 0.629. The largest absolute Gasteiger partial charge is 0.417 e. The van der Waals surface area contributed by atoms with Crippen molar-refractivity contribution in [1.29, 1.82) is 5.26 Å². The molecule has 2 amide bonds. The highest BCUT2D eigenvalue weighted by Crippen LogP contribution is 2.40. The molecule has 1 aromatic carbocycles. The maximum absolute atomic E-state index is 13.5. The van der Waals surface area contributed by atoms with Crippen LogP contribution in [0.25, 0.3) is 4.85 Å². The Balaban J connectivity index is 1.69. The highest BCUT2D eigenvalue weighted by atomic mass is 19.4. The Bertz CT molecular complexity index is 1080. The number of amides is 2. The van der Waals surface area contributed by atoms with E-state index in [9.17, 15) is 18.0 Å². The van der Waals surface area contributed by atoms with Crippen LogP contribution in [-0.2, 0) is 12.7 Å². The summed E-state index contributed by atoms with van der Waals surface area (Å²) in [5.41, 5.74) is -0.601. The highest BCUT2D eigenvalue weighted by Gasteiger charge is 2.47. The number of anilines is 1. The van der Waals surface area contributed by atoms with Crippen molar-refractivity contribution in [3.63, 3.8) is 0 Å². The highest BCUT2D eigenvalue weighted by molar-refractivity contribution is 5.96. The van der Waals surface area contributed by atoms with Gasteiger partial charge in [-0.25, -0.2) is 4.79 Å². The van der Waals surface area contributed by atoms with E-state index in [0.717, 1.165) is 37.0 Å². The van der Waals surface area contributed by atoms with Crippen molar-refractivity contribution in [2.45, 2.75) is 50.5 Å². The smallest absolute Gasteiger partial charge is 0.361 e. The van der Waals surface area contributed by atoms with E-state index in [1.807, 2.05) is 0 Å². The van der Waals surface area contributed by atoms with Crippen LogP contribution in [0.2, 0.25) is 0 Å². The molecule has 0 spiro atoms. The molecule has 1 saturated heterocycles. The minimum Gasteiger partial charge on any atom is -0.361 e. The van der Waals surface area contributed by atoms with Gasteiger partial charge in [0, 0.05) is 11.3 Å². The van der Waals surface area contributed by atoms with Gasteiger partial charge in [0.2, 0.25) is 0 Å². The first-order valence-corrected chi connectivity index (χ1v) is 9.87. The molecule has 6 nitrogen and oxygen atoms in total. The predicted octanol–water partition coefficient (Wildman–Crippen LogP) is 5.28. The van der Waals surface area contributed by atoms with Gasteiger partial charge in [0.25, 0.3) is 5.82 Å². The molecule has 2 heterocycles. The number of carbonyl (C=O) groups excluding carboxylic acids is 1. The van der Waals surface area contributed by atoms with Gasteiger partial charge in [0.15, 0.2) is 0 Å². The number of hydrogen-bond acceptors (Lipinski definition) is 3.